The van der Waals surface area contributed by atoms with Crippen LogP contribution in [-0.4, -0.2) is 35.7 Å². The van der Waals surface area contributed by atoms with Crippen molar-refractivity contribution in [3.8, 4) is 6.07 Å². The standard InChI is InChI=1S/C37H51NO6/c1-8-34(4,27-11-9-24(21-38)10-12-27)23-35(5,22-33(2,3)31(40)43-36(6)13-14-42-30(39)20-36)32(41)44-37(7)28-16-25-15-26(18-28)19-29(37)17-25/h9-12,25-26,28-29H,8,13-20,22-23H2,1-7H3. The molecule has 7 heteroatoms. The van der Waals surface area contributed by atoms with E-state index in [4.69, 9.17) is 14.2 Å². The second kappa shape index (κ2) is 11.5. The number of benzene rings is 1. The Balaban J connectivity index is 1.44. The Morgan fingerprint density at radius 1 is 0.932 bits per heavy atom. The second-order valence-corrected chi connectivity index (χ2v) is 16.3. The lowest BCUT2D eigenvalue weighted by Gasteiger charge is -2.59. The molecule has 3 unspecified atom stereocenters. The summed E-state index contributed by atoms with van der Waals surface area (Å²) in [6.07, 6.45) is 7.77. The van der Waals surface area contributed by atoms with Gasteiger partial charge in [-0.1, -0.05) is 26.0 Å². The summed E-state index contributed by atoms with van der Waals surface area (Å²) in [4.78, 5) is 40.5. The van der Waals surface area contributed by atoms with Crippen LogP contribution < -0.4 is 0 Å². The fraction of sp³-hybridized carbons (Fsp3) is 0.730. The quantitative estimate of drug-likeness (QED) is 0.202. The van der Waals surface area contributed by atoms with E-state index >= 15 is 0 Å². The van der Waals surface area contributed by atoms with Crippen LogP contribution in [0.4, 0.5) is 0 Å². The van der Waals surface area contributed by atoms with Gasteiger partial charge in [0.2, 0.25) is 0 Å². The van der Waals surface area contributed by atoms with Gasteiger partial charge >= 0.3 is 17.9 Å². The molecule has 1 aliphatic heterocycles. The highest BCUT2D eigenvalue weighted by Crippen LogP contribution is 2.60. The van der Waals surface area contributed by atoms with Crippen molar-refractivity contribution in [2.45, 2.75) is 129 Å². The van der Waals surface area contributed by atoms with Crippen molar-refractivity contribution < 1.29 is 28.6 Å². The molecular weight excluding hydrogens is 554 g/mol. The van der Waals surface area contributed by atoms with Crippen molar-refractivity contribution in [2.24, 2.45) is 34.5 Å². The molecule has 5 aliphatic rings. The van der Waals surface area contributed by atoms with Crippen LogP contribution in [-0.2, 0) is 34.0 Å². The molecule has 240 valence electrons. The predicted octanol–water partition coefficient (Wildman–Crippen LogP) is 7.44. The van der Waals surface area contributed by atoms with Gasteiger partial charge in [-0.3, -0.25) is 14.4 Å². The fourth-order valence-corrected chi connectivity index (χ4v) is 9.38. The zero-order valence-corrected chi connectivity index (χ0v) is 27.8. The van der Waals surface area contributed by atoms with E-state index in [-0.39, 0.29) is 31.4 Å². The van der Waals surface area contributed by atoms with Crippen LogP contribution in [0, 0.1) is 45.8 Å². The maximum Gasteiger partial charge on any atom is 0.312 e. The molecule has 1 heterocycles. The molecule has 1 aromatic rings. The number of hydrogen-bond donors (Lipinski definition) is 0. The molecule has 5 fully saturated rings. The van der Waals surface area contributed by atoms with E-state index in [1.165, 1.54) is 6.42 Å². The predicted molar refractivity (Wildman–Crippen MR) is 166 cm³/mol. The summed E-state index contributed by atoms with van der Waals surface area (Å²) < 4.78 is 17.9. The summed E-state index contributed by atoms with van der Waals surface area (Å²) in [6.45, 7) is 14.1. The van der Waals surface area contributed by atoms with Gasteiger partial charge in [-0.25, -0.2) is 0 Å². The van der Waals surface area contributed by atoms with E-state index in [1.807, 2.05) is 45.0 Å². The van der Waals surface area contributed by atoms with Gasteiger partial charge in [0.15, 0.2) is 0 Å². The van der Waals surface area contributed by atoms with Crippen molar-refractivity contribution in [1.29, 1.82) is 5.26 Å². The largest absolute Gasteiger partial charge is 0.465 e. The summed E-state index contributed by atoms with van der Waals surface area (Å²) in [5.41, 5.74) is -2.24. The molecule has 3 atom stereocenters. The molecule has 4 saturated carbocycles. The Kier molecular flexibility index (Phi) is 8.49. The highest BCUT2D eigenvalue weighted by Gasteiger charge is 2.59. The Hall–Kier alpha value is -2.88. The number of cyclic esters (lactones) is 1. The topological polar surface area (TPSA) is 103 Å². The number of esters is 3. The molecule has 1 aromatic carbocycles. The van der Waals surface area contributed by atoms with Gasteiger partial charge in [0, 0.05) is 6.42 Å². The molecule has 1 saturated heterocycles. The van der Waals surface area contributed by atoms with Gasteiger partial charge in [0.05, 0.1) is 35.5 Å². The summed E-state index contributed by atoms with van der Waals surface area (Å²) in [5.74, 6) is 1.23. The van der Waals surface area contributed by atoms with Crippen LogP contribution in [0.15, 0.2) is 24.3 Å². The molecule has 0 spiro atoms. The summed E-state index contributed by atoms with van der Waals surface area (Å²) >= 11 is 0. The minimum Gasteiger partial charge on any atom is -0.465 e. The molecule has 44 heavy (non-hydrogen) atoms. The van der Waals surface area contributed by atoms with Crippen molar-refractivity contribution in [3.63, 3.8) is 0 Å². The normalized spacial score (nSPS) is 33.8. The number of nitriles is 1. The first-order valence-electron chi connectivity index (χ1n) is 16.7. The number of ether oxygens (including phenoxy) is 3. The van der Waals surface area contributed by atoms with Crippen LogP contribution in [0.5, 0.6) is 0 Å². The molecule has 0 amide bonds. The van der Waals surface area contributed by atoms with Crippen LogP contribution in [0.2, 0.25) is 0 Å². The van der Waals surface area contributed by atoms with Crippen molar-refractivity contribution in [3.05, 3.63) is 35.4 Å². The summed E-state index contributed by atoms with van der Waals surface area (Å²) in [6, 6.07) is 9.81. The minimum absolute atomic E-state index is 0.0177. The zero-order valence-electron chi connectivity index (χ0n) is 27.8. The number of nitrogens with zero attached hydrogens (tertiary/aromatic N) is 1. The van der Waals surface area contributed by atoms with Gasteiger partial charge < -0.3 is 14.2 Å². The summed E-state index contributed by atoms with van der Waals surface area (Å²) in [5, 5.41) is 9.36. The van der Waals surface area contributed by atoms with Crippen LogP contribution in [0.1, 0.15) is 124 Å². The van der Waals surface area contributed by atoms with Crippen LogP contribution in [0.25, 0.3) is 0 Å². The fourth-order valence-electron chi connectivity index (χ4n) is 9.38. The Bertz CT molecular complexity index is 1300. The first kappa shape index (κ1) is 32.5. The third-order valence-electron chi connectivity index (χ3n) is 12.0. The average Bonchev–Trinajstić information content (AvgIpc) is 2.95. The van der Waals surface area contributed by atoms with Crippen molar-refractivity contribution in [2.75, 3.05) is 6.61 Å². The monoisotopic (exact) mass is 605 g/mol. The van der Waals surface area contributed by atoms with E-state index in [9.17, 15) is 19.6 Å². The third-order valence-corrected chi connectivity index (χ3v) is 12.0. The van der Waals surface area contributed by atoms with E-state index < -0.39 is 33.4 Å². The maximum absolute atomic E-state index is 14.7. The molecule has 0 radical (unpaired) electrons. The van der Waals surface area contributed by atoms with E-state index in [0.29, 0.717) is 30.2 Å². The van der Waals surface area contributed by atoms with E-state index in [0.717, 1.165) is 49.5 Å². The van der Waals surface area contributed by atoms with Crippen LogP contribution >= 0.6 is 0 Å². The number of rotatable bonds is 10. The van der Waals surface area contributed by atoms with Gasteiger partial charge in [-0.2, -0.15) is 5.26 Å². The molecular formula is C37H51NO6. The smallest absolute Gasteiger partial charge is 0.312 e. The van der Waals surface area contributed by atoms with Gasteiger partial charge in [-0.15, -0.1) is 0 Å². The lowest BCUT2D eigenvalue weighted by Crippen LogP contribution is -2.59. The SMILES string of the molecule is CCC(C)(CC(C)(CC(C)(C)C(=O)OC1(C)CCOC(=O)C1)C(=O)OC1(C)C2CC3CC(C2)CC1C3)c1ccc(C#N)cc1. The zero-order chi connectivity index (χ0) is 32.1. The number of carbonyl (C=O) groups excluding carboxylic acids is 3. The Morgan fingerprint density at radius 2 is 1.52 bits per heavy atom. The van der Waals surface area contributed by atoms with Crippen molar-refractivity contribution in [1.82, 2.24) is 0 Å². The second-order valence-electron chi connectivity index (χ2n) is 16.3. The molecule has 6 rings (SSSR count). The highest BCUT2D eigenvalue weighted by molar-refractivity contribution is 5.81. The maximum atomic E-state index is 14.7. The summed E-state index contributed by atoms with van der Waals surface area (Å²) in [7, 11) is 0. The van der Waals surface area contributed by atoms with Crippen molar-refractivity contribution >= 4 is 17.9 Å². The lowest BCUT2D eigenvalue weighted by atomic mass is 9.50. The highest BCUT2D eigenvalue weighted by atomic mass is 16.6. The third kappa shape index (κ3) is 6.15. The molecule has 4 bridgehead atoms. The van der Waals surface area contributed by atoms with Crippen LogP contribution in [0.3, 0.4) is 0 Å². The Morgan fingerprint density at radius 3 is 2.05 bits per heavy atom. The molecule has 4 aliphatic carbocycles. The lowest BCUT2D eigenvalue weighted by molar-refractivity contribution is -0.214. The van der Waals surface area contributed by atoms with E-state index in [1.54, 1.807) is 6.92 Å². The number of carbonyl (C=O) groups is 3. The molecule has 0 N–H and O–H groups in total. The van der Waals surface area contributed by atoms with E-state index in [2.05, 4.69) is 26.8 Å². The first-order valence-corrected chi connectivity index (χ1v) is 16.7. The van der Waals surface area contributed by atoms with Gasteiger partial charge in [-0.05, 0) is 133 Å². The first-order chi connectivity index (χ1) is 20.5. The Labute approximate surface area is 263 Å². The average molecular weight is 606 g/mol. The molecule has 0 aromatic heterocycles. The van der Waals surface area contributed by atoms with Gasteiger partial charge in [0.25, 0.3) is 0 Å². The molecule has 7 nitrogen and oxygen atoms in total. The van der Waals surface area contributed by atoms with Gasteiger partial charge in [0.1, 0.15) is 11.2 Å². The minimum atomic E-state index is -1.03. The number of hydrogen-bond acceptors (Lipinski definition) is 7.